The number of rotatable bonds is 6. The van der Waals surface area contributed by atoms with Gasteiger partial charge in [-0.1, -0.05) is 15.9 Å². The van der Waals surface area contributed by atoms with Gasteiger partial charge in [0, 0.05) is 29.3 Å². The fourth-order valence-corrected chi connectivity index (χ4v) is 2.72. The van der Waals surface area contributed by atoms with E-state index in [0.717, 1.165) is 23.2 Å². The molecule has 0 amide bonds. The Hall–Kier alpha value is -1.07. The van der Waals surface area contributed by atoms with Crippen molar-refractivity contribution >= 4 is 27.6 Å². The van der Waals surface area contributed by atoms with E-state index in [1.165, 1.54) is 0 Å². The lowest BCUT2D eigenvalue weighted by atomic mass is 10.1. The second-order valence-corrected chi connectivity index (χ2v) is 5.82. The summed E-state index contributed by atoms with van der Waals surface area (Å²) in [7, 11) is 4.07. The maximum Gasteiger partial charge on any atom is 0.335 e. The van der Waals surface area contributed by atoms with Crippen molar-refractivity contribution in [3.05, 3.63) is 28.2 Å². The maximum atomic E-state index is 11.1. The predicted octanol–water partition coefficient (Wildman–Crippen LogP) is 2.92. The van der Waals surface area contributed by atoms with E-state index >= 15 is 0 Å². The van der Waals surface area contributed by atoms with Crippen LogP contribution in [-0.4, -0.2) is 49.2 Å². The molecular formula is C14H21BrN2O2. The van der Waals surface area contributed by atoms with E-state index in [1.807, 2.05) is 20.2 Å². The average Bonchev–Trinajstić information content (AvgIpc) is 2.27. The molecule has 4 nitrogen and oxygen atoms in total. The molecule has 0 heterocycles. The Morgan fingerprint density at radius 3 is 2.47 bits per heavy atom. The summed E-state index contributed by atoms with van der Waals surface area (Å²) in [6, 6.07) is 5.62. The summed E-state index contributed by atoms with van der Waals surface area (Å²) in [5.74, 6) is -0.904. The van der Waals surface area contributed by atoms with E-state index < -0.39 is 5.97 Å². The Kier molecular flexibility index (Phi) is 5.82. The Bertz CT molecular complexity index is 449. The highest BCUT2D eigenvalue weighted by Gasteiger charge is 2.16. The van der Waals surface area contributed by atoms with E-state index in [1.54, 1.807) is 12.1 Å². The summed E-state index contributed by atoms with van der Waals surface area (Å²) < 4.78 is 0.790. The van der Waals surface area contributed by atoms with Gasteiger partial charge in [-0.2, -0.15) is 0 Å². The number of aromatic carboxylic acids is 1. The fourth-order valence-electron chi connectivity index (χ4n) is 2.24. The smallest absolute Gasteiger partial charge is 0.335 e. The first-order valence-corrected chi connectivity index (χ1v) is 7.09. The molecule has 0 radical (unpaired) electrons. The number of benzene rings is 1. The number of carboxylic acids is 1. The Labute approximate surface area is 123 Å². The number of carbonyl (C=O) groups is 1. The molecule has 0 aliphatic heterocycles. The van der Waals surface area contributed by atoms with Crippen LogP contribution in [0, 0.1) is 0 Å². The van der Waals surface area contributed by atoms with Gasteiger partial charge in [0.1, 0.15) is 0 Å². The molecule has 1 atom stereocenters. The number of nitrogens with zero attached hydrogens (tertiary/aromatic N) is 2. The molecule has 0 aromatic heterocycles. The van der Waals surface area contributed by atoms with Crippen LogP contribution in [-0.2, 0) is 0 Å². The molecule has 1 unspecified atom stereocenters. The summed E-state index contributed by atoms with van der Waals surface area (Å²) in [6.45, 7) is 5.98. The minimum Gasteiger partial charge on any atom is -0.478 e. The second kappa shape index (κ2) is 6.91. The van der Waals surface area contributed by atoms with Crippen LogP contribution in [0.3, 0.4) is 0 Å². The summed E-state index contributed by atoms with van der Waals surface area (Å²) in [5, 5.41) is 9.12. The molecule has 0 bridgehead atoms. The zero-order chi connectivity index (χ0) is 14.6. The van der Waals surface area contributed by atoms with Gasteiger partial charge in [0.05, 0.1) is 5.56 Å². The SMILES string of the molecule is CCN(c1cc(Br)cc(C(=O)O)c1)C(C)CN(C)C. The first kappa shape index (κ1) is 16.0. The first-order chi connectivity index (χ1) is 8.85. The third-order valence-corrected chi connectivity index (χ3v) is 3.42. The molecule has 19 heavy (non-hydrogen) atoms. The highest BCUT2D eigenvalue weighted by Crippen LogP contribution is 2.24. The first-order valence-electron chi connectivity index (χ1n) is 6.30. The lowest BCUT2D eigenvalue weighted by Crippen LogP contribution is -2.40. The summed E-state index contributed by atoms with van der Waals surface area (Å²) >= 11 is 3.38. The van der Waals surface area contributed by atoms with Crippen molar-refractivity contribution in [3.63, 3.8) is 0 Å². The predicted molar refractivity (Wildman–Crippen MR) is 82.1 cm³/mol. The molecule has 0 saturated heterocycles. The maximum absolute atomic E-state index is 11.1. The molecule has 1 aromatic rings. The zero-order valence-electron chi connectivity index (χ0n) is 11.9. The molecular weight excluding hydrogens is 308 g/mol. The normalized spacial score (nSPS) is 12.5. The molecule has 0 aliphatic carbocycles. The van der Waals surface area contributed by atoms with Gasteiger partial charge in [-0.3, -0.25) is 0 Å². The monoisotopic (exact) mass is 328 g/mol. The number of carboxylic acid groups (broad SMARTS) is 1. The van der Waals surface area contributed by atoms with E-state index in [4.69, 9.17) is 5.11 Å². The highest BCUT2D eigenvalue weighted by atomic mass is 79.9. The summed E-state index contributed by atoms with van der Waals surface area (Å²) in [5.41, 5.74) is 1.24. The molecule has 1 N–H and O–H groups in total. The Morgan fingerprint density at radius 1 is 1.37 bits per heavy atom. The molecule has 0 spiro atoms. The van der Waals surface area contributed by atoms with Gasteiger partial charge in [0.25, 0.3) is 0 Å². The quantitative estimate of drug-likeness (QED) is 0.872. The van der Waals surface area contributed by atoms with Crippen LogP contribution in [0.2, 0.25) is 0 Å². The lowest BCUT2D eigenvalue weighted by molar-refractivity contribution is 0.0697. The molecule has 0 fully saturated rings. The van der Waals surface area contributed by atoms with Gasteiger partial charge in [-0.25, -0.2) is 4.79 Å². The van der Waals surface area contributed by atoms with Gasteiger partial charge in [0.15, 0.2) is 0 Å². The van der Waals surface area contributed by atoms with E-state index in [9.17, 15) is 4.79 Å². The lowest BCUT2D eigenvalue weighted by Gasteiger charge is -2.32. The third-order valence-electron chi connectivity index (χ3n) is 2.96. The minimum atomic E-state index is -0.904. The van der Waals surface area contributed by atoms with Gasteiger partial charge in [-0.05, 0) is 46.1 Å². The van der Waals surface area contributed by atoms with Crippen LogP contribution in [0.4, 0.5) is 5.69 Å². The van der Waals surface area contributed by atoms with Crippen molar-refractivity contribution in [1.82, 2.24) is 4.90 Å². The molecule has 0 aliphatic rings. The number of hydrogen-bond donors (Lipinski definition) is 1. The van der Waals surface area contributed by atoms with E-state index in [0.29, 0.717) is 11.6 Å². The molecule has 1 aromatic carbocycles. The van der Waals surface area contributed by atoms with Gasteiger partial charge >= 0.3 is 5.97 Å². The Morgan fingerprint density at radius 2 is 2.00 bits per heavy atom. The largest absolute Gasteiger partial charge is 0.478 e. The molecule has 0 saturated carbocycles. The van der Waals surface area contributed by atoms with Crippen molar-refractivity contribution < 1.29 is 9.90 Å². The van der Waals surface area contributed by atoms with Crippen molar-refractivity contribution in [2.75, 3.05) is 32.1 Å². The zero-order valence-corrected chi connectivity index (χ0v) is 13.4. The standard InChI is InChI=1S/C14H21BrN2O2/c1-5-17(10(2)9-16(3)4)13-7-11(14(18)19)6-12(15)8-13/h6-8,10H,5,9H2,1-4H3,(H,18,19). The molecule has 106 valence electrons. The van der Waals surface area contributed by atoms with Crippen LogP contribution in [0.15, 0.2) is 22.7 Å². The van der Waals surface area contributed by atoms with Crippen molar-refractivity contribution in [1.29, 1.82) is 0 Å². The topological polar surface area (TPSA) is 43.8 Å². The van der Waals surface area contributed by atoms with Gasteiger partial charge in [0.2, 0.25) is 0 Å². The summed E-state index contributed by atoms with van der Waals surface area (Å²) in [4.78, 5) is 15.5. The molecule has 5 heteroatoms. The summed E-state index contributed by atoms with van der Waals surface area (Å²) in [6.07, 6.45) is 0. The Balaban J connectivity index is 3.07. The number of anilines is 1. The van der Waals surface area contributed by atoms with Crippen LogP contribution < -0.4 is 4.90 Å². The van der Waals surface area contributed by atoms with E-state index in [2.05, 4.69) is 39.6 Å². The second-order valence-electron chi connectivity index (χ2n) is 4.90. The van der Waals surface area contributed by atoms with Gasteiger partial charge in [-0.15, -0.1) is 0 Å². The van der Waals surface area contributed by atoms with Crippen molar-refractivity contribution in [2.24, 2.45) is 0 Å². The minimum absolute atomic E-state index is 0.305. The highest BCUT2D eigenvalue weighted by molar-refractivity contribution is 9.10. The van der Waals surface area contributed by atoms with E-state index in [-0.39, 0.29) is 0 Å². The number of likely N-dealkylation sites (N-methyl/N-ethyl adjacent to an activating group) is 2. The van der Waals surface area contributed by atoms with Crippen molar-refractivity contribution in [3.8, 4) is 0 Å². The van der Waals surface area contributed by atoms with Crippen molar-refractivity contribution in [2.45, 2.75) is 19.9 Å². The third kappa shape index (κ3) is 4.51. The molecule has 1 rings (SSSR count). The van der Waals surface area contributed by atoms with Crippen LogP contribution in [0.25, 0.3) is 0 Å². The fraction of sp³-hybridized carbons (Fsp3) is 0.500. The average molecular weight is 329 g/mol. The van der Waals surface area contributed by atoms with Crippen LogP contribution in [0.5, 0.6) is 0 Å². The van der Waals surface area contributed by atoms with Crippen LogP contribution >= 0.6 is 15.9 Å². The number of hydrogen-bond acceptors (Lipinski definition) is 3. The number of halogens is 1. The van der Waals surface area contributed by atoms with Crippen LogP contribution in [0.1, 0.15) is 24.2 Å². The van der Waals surface area contributed by atoms with Gasteiger partial charge < -0.3 is 14.9 Å².